The number of carbonyl (C=O) groups excluding carboxylic acids is 1. The smallest absolute Gasteiger partial charge is 0.383 e. The van der Waals surface area contributed by atoms with Gasteiger partial charge in [-0.2, -0.15) is 4.98 Å². The molecule has 0 radical (unpaired) electrons. The number of phosphoric ester groups is 1. The van der Waals surface area contributed by atoms with Crippen LogP contribution in [0.15, 0.2) is 38.9 Å². The third-order valence-electron chi connectivity index (χ3n) is 7.40. The quantitative estimate of drug-likeness (QED) is 0.191. The number of H-pyrrole nitrogens is 1. The molecule has 0 spiro atoms. The summed E-state index contributed by atoms with van der Waals surface area (Å²) in [7, 11) is -3.43. The van der Waals surface area contributed by atoms with Gasteiger partial charge in [-0.25, -0.2) is 18.5 Å². The molecule has 47 heavy (non-hydrogen) atoms. The molecule has 2 fully saturated rings. The van der Waals surface area contributed by atoms with E-state index in [1.54, 1.807) is 0 Å². The van der Waals surface area contributed by atoms with Crippen LogP contribution in [-0.2, 0) is 37.4 Å². The summed E-state index contributed by atoms with van der Waals surface area (Å²) in [5.41, 5.74) is 3.22. The molecule has 18 nitrogen and oxygen atoms in total. The zero-order valence-electron chi connectivity index (χ0n) is 26.4. The van der Waals surface area contributed by atoms with E-state index in [9.17, 15) is 28.6 Å². The van der Waals surface area contributed by atoms with Crippen molar-refractivity contribution in [2.75, 3.05) is 26.0 Å². The Morgan fingerprint density at radius 2 is 1.79 bits per heavy atom. The zero-order valence-corrected chi connectivity index (χ0v) is 27.3. The number of halogens is 1. The standard InChI is InChI=1S/C27H40FN6O12P/c1-13(2)42-12-17-15(22(41-5)25(44-17)34-8-6-18(29)31-26(34)37)10-20(36)30-11-16-23(46-47(39,40)45-14(3)4)21(28)24(43-16)33-9-7-19(35)32-27(33)38/h6-9,13-17,21-25H,10-12H2,1-5H3,(H,30,36)(H,39,40)(H2,29,31,37)(H,32,35,38)/t15-,16?,17?,21-,22-,23-,24?,25?/m1/s1. The molecule has 5 unspecified atom stereocenters. The molecule has 20 heteroatoms. The van der Waals surface area contributed by atoms with Crippen LogP contribution in [0.2, 0.25) is 0 Å². The number of amides is 1. The van der Waals surface area contributed by atoms with Crippen molar-refractivity contribution < 1.29 is 46.6 Å². The lowest BCUT2D eigenvalue weighted by atomic mass is 9.93. The number of aromatic amines is 1. The molecule has 9 atom stereocenters. The van der Waals surface area contributed by atoms with Gasteiger partial charge in [0.2, 0.25) is 5.91 Å². The Kier molecular flexibility index (Phi) is 11.9. The lowest BCUT2D eigenvalue weighted by Gasteiger charge is -2.25. The summed E-state index contributed by atoms with van der Waals surface area (Å²) in [6, 6.07) is 2.39. The van der Waals surface area contributed by atoms with E-state index >= 15 is 4.39 Å². The van der Waals surface area contributed by atoms with Crippen molar-refractivity contribution >= 4 is 19.5 Å². The van der Waals surface area contributed by atoms with Crippen LogP contribution < -0.4 is 28.0 Å². The maximum Gasteiger partial charge on any atom is 0.472 e. The molecule has 2 aromatic rings. The van der Waals surface area contributed by atoms with Gasteiger partial charge in [0.05, 0.1) is 24.9 Å². The van der Waals surface area contributed by atoms with Crippen molar-refractivity contribution in [3.8, 4) is 0 Å². The van der Waals surface area contributed by atoms with Crippen molar-refractivity contribution in [3.63, 3.8) is 0 Å². The van der Waals surface area contributed by atoms with E-state index in [4.69, 9.17) is 33.7 Å². The van der Waals surface area contributed by atoms with Gasteiger partial charge in [0.1, 0.15) is 24.1 Å². The summed E-state index contributed by atoms with van der Waals surface area (Å²) in [4.78, 5) is 65.8. The predicted molar refractivity (Wildman–Crippen MR) is 161 cm³/mol. The van der Waals surface area contributed by atoms with Crippen LogP contribution in [0.5, 0.6) is 0 Å². The average Bonchev–Trinajstić information content (AvgIpc) is 3.46. The van der Waals surface area contributed by atoms with Crippen LogP contribution in [0.4, 0.5) is 10.2 Å². The number of nitrogen functional groups attached to an aromatic ring is 1. The number of nitrogens with two attached hydrogens (primary N) is 1. The zero-order chi connectivity index (χ0) is 34.6. The van der Waals surface area contributed by atoms with E-state index in [2.05, 4.69) is 10.3 Å². The van der Waals surface area contributed by atoms with Gasteiger partial charge in [-0.05, 0) is 33.8 Å². The number of aromatic nitrogens is 4. The SMILES string of the molecule is CO[C@H]1C(n2ccc(N)nc2=O)OC(COC(C)C)[C@H]1CC(=O)NCC1OC(n2ccc(=O)[nH]c2=O)[C@H](F)[C@@H]1OP(=O)(O)OC(C)C. The highest BCUT2D eigenvalue weighted by Gasteiger charge is 2.51. The third-order valence-corrected chi connectivity index (χ3v) is 8.60. The fourth-order valence-corrected chi connectivity index (χ4v) is 6.54. The van der Waals surface area contributed by atoms with Crippen molar-refractivity contribution in [2.24, 2.45) is 5.92 Å². The molecule has 1 amide bonds. The minimum absolute atomic E-state index is 0.0155. The second-order valence-electron chi connectivity index (χ2n) is 11.6. The summed E-state index contributed by atoms with van der Waals surface area (Å²) in [6.07, 6.45) is -8.30. The molecule has 4 rings (SSSR count). The number of alkyl halides is 1. The van der Waals surface area contributed by atoms with Crippen LogP contribution in [-0.4, -0.2) is 93.0 Å². The Bertz CT molecular complexity index is 1620. The normalized spacial score (nSPS) is 29.0. The Morgan fingerprint density at radius 3 is 2.40 bits per heavy atom. The molecule has 2 saturated heterocycles. The number of nitrogens with zero attached hydrogens (tertiary/aromatic N) is 3. The summed E-state index contributed by atoms with van der Waals surface area (Å²) in [5, 5.41) is 2.61. The summed E-state index contributed by atoms with van der Waals surface area (Å²) in [6.45, 7) is 6.21. The van der Waals surface area contributed by atoms with Crippen LogP contribution in [0.1, 0.15) is 46.6 Å². The maximum absolute atomic E-state index is 15.8. The number of carbonyl (C=O) groups is 1. The number of hydrogen-bond acceptors (Lipinski definition) is 13. The molecular weight excluding hydrogens is 650 g/mol. The highest BCUT2D eigenvalue weighted by molar-refractivity contribution is 7.47. The van der Waals surface area contributed by atoms with Crippen LogP contribution >= 0.6 is 7.82 Å². The van der Waals surface area contributed by atoms with Gasteiger partial charge in [0.15, 0.2) is 18.6 Å². The fourth-order valence-electron chi connectivity index (χ4n) is 5.39. The molecule has 0 aliphatic carbocycles. The average molecular weight is 691 g/mol. The van der Waals surface area contributed by atoms with Crippen molar-refractivity contribution in [1.82, 2.24) is 24.4 Å². The van der Waals surface area contributed by atoms with Crippen LogP contribution in [0.25, 0.3) is 0 Å². The molecule has 2 aliphatic rings. The van der Waals surface area contributed by atoms with Gasteiger partial charge in [-0.1, -0.05) is 0 Å². The highest BCUT2D eigenvalue weighted by atomic mass is 31.2. The van der Waals surface area contributed by atoms with E-state index in [-0.39, 0.29) is 24.9 Å². The molecule has 0 aromatic carbocycles. The number of phosphoric acid groups is 1. The van der Waals surface area contributed by atoms with Crippen molar-refractivity contribution in [3.05, 3.63) is 55.8 Å². The van der Waals surface area contributed by atoms with Gasteiger partial charge in [-0.15, -0.1) is 0 Å². The minimum atomic E-state index is -4.83. The first kappa shape index (κ1) is 36.5. The first-order valence-corrected chi connectivity index (χ1v) is 16.3. The number of nitrogens with one attached hydrogen (secondary N) is 2. The van der Waals surface area contributed by atoms with E-state index in [0.717, 1.165) is 16.8 Å². The van der Waals surface area contributed by atoms with Gasteiger partial charge < -0.3 is 34.9 Å². The van der Waals surface area contributed by atoms with E-state index in [1.807, 2.05) is 18.8 Å². The number of anilines is 1. The molecule has 4 heterocycles. The molecule has 262 valence electrons. The summed E-state index contributed by atoms with van der Waals surface area (Å²) < 4.78 is 63.7. The van der Waals surface area contributed by atoms with E-state index in [0.29, 0.717) is 0 Å². The summed E-state index contributed by atoms with van der Waals surface area (Å²) in [5.74, 6) is -1.21. The van der Waals surface area contributed by atoms with Gasteiger partial charge >= 0.3 is 19.2 Å². The summed E-state index contributed by atoms with van der Waals surface area (Å²) >= 11 is 0. The van der Waals surface area contributed by atoms with E-state index in [1.165, 1.54) is 37.8 Å². The second-order valence-corrected chi connectivity index (χ2v) is 12.9. The number of ether oxygens (including phenoxy) is 4. The predicted octanol–water partition coefficient (Wildman–Crippen LogP) is -0.0183. The number of methoxy groups -OCH3 is 1. The molecule has 0 bridgehead atoms. The van der Waals surface area contributed by atoms with Gasteiger partial charge in [0.25, 0.3) is 5.56 Å². The fraction of sp³-hybridized carbons (Fsp3) is 0.667. The Labute approximate surface area is 267 Å². The molecule has 0 saturated carbocycles. The molecule has 2 aliphatic heterocycles. The van der Waals surface area contributed by atoms with Gasteiger partial charge in [0, 0.05) is 44.5 Å². The molecular formula is C27H40FN6O12P. The largest absolute Gasteiger partial charge is 0.472 e. The molecule has 5 N–H and O–H groups in total. The van der Waals surface area contributed by atoms with E-state index < -0.39 is 92.3 Å². The van der Waals surface area contributed by atoms with Crippen LogP contribution in [0, 0.1) is 5.92 Å². The Balaban J connectivity index is 1.53. The van der Waals surface area contributed by atoms with Gasteiger partial charge in [-0.3, -0.25) is 32.8 Å². The minimum Gasteiger partial charge on any atom is -0.383 e. The lowest BCUT2D eigenvalue weighted by molar-refractivity contribution is -0.124. The molecule has 2 aromatic heterocycles. The number of hydrogen-bond donors (Lipinski definition) is 4. The lowest BCUT2D eigenvalue weighted by Crippen LogP contribution is -2.42. The topological polar surface area (TPSA) is 238 Å². The first-order chi connectivity index (χ1) is 22.1. The number of rotatable bonds is 14. The van der Waals surface area contributed by atoms with Crippen LogP contribution in [0.3, 0.4) is 0 Å². The Hall–Kier alpha value is -3.29. The second kappa shape index (κ2) is 15.3. The maximum atomic E-state index is 15.8. The van der Waals surface area contributed by atoms with Crippen molar-refractivity contribution in [1.29, 1.82) is 0 Å². The monoisotopic (exact) mass is 690 g/mol. The first-order valence-electron chi connectivity index (χ1n) is 14.8. The Morgan fingerprint density at radius 1 is 1.11 bits per heavy atom. The third kappa shape index (κ3) is 8.99. The van der Waals surface area contributed by atoms with Crippen molar-refractivity contribution in [2.45, 2.75) is 89.4 Å². The highest BCUT2D eigenvalue weighted by Crippen LogP contribution is 2.49.